The Kier molecular flexibility index (Phi) is 5.17. The maximum absolute atomic E-state index is 13.1. The second-order valence-electron chi connectivity index (χ2n) is 6.80. The van der Waals surface area contributed by atoms with E-state index >= 15 is 0 Å². The quantitative estimate of drug-likeness (QED) is 0.396. The van der Waals surface area contributed by atoms with Gasteiger partial charge in [0.1, 0.15) is 4.90 Å². The number of aryl methyl sites for hydroxylation is 1. The van der Waals surface area contributed by atoms with Crippen LogP contribution in [0.3, 0.4) is 0 Å². The Morgan fingerprint density at radius 2 is 1.81 bits per heavy atom. The summed E-state index contributed by atoms with van der Waals surface area (Å²) in [6.45, 7) is 1.91. The Morgan fingerprint density at radius 1 is 1.13 bits per heavy atom. The number of halogens is 2. The zero-order valence-corrected chi connectivity index (χ0v) is 17.6. The number of sulfonamides is 1. The number of hydrogen-bond donors (Lipinski definition) is 3. The minimum atomic E-state index is -4.12. The second kappa shape index (κ2) is 7.69. The molecular formula is C19H19F2N5O4S. The van der Waals surface area contributed by atoms with Crippen LogP contribution in [0.2, 0.25) is 0 Å². The van der Waals surface area contributed by atoms with Crippen LogP contribution in [0.4, 0.5) is 14.7 Å². The van der Waals surface area contributed by atoms with Crippen LogP contribution in [0.25, 0.3) is 21.8 Å². The number of benzene rings is 1. The summed E-state index contributed by atoms with van der Waals surface area (Å²) >= 11 is 0. The van der Waals surface area contributed by atoms with E-state index < -0.39 is 22.9 Å². The van der Waals surface area contributed by atoms with Crippen molar-refractivity contribution in [1.29, 1.82) is 0 Å². The lowest BCUT2D eigenvalue weighted by atomic mass is 10.2. The van der Waals surface area contributed by atoms with Gasteiger partial charge in [-0.25, -0.2) is 21.9 Å². The smallest absolute Gasteiger partial charge is 0.266 e. The van der Waals surface area contributed by atoms with E-state index in [1.54, 1.807) is 6.07 Å². The topological polar surface area (TPSA) is 122 Å². The molecule has 0 aliphatic rings. The lowest BCUT2D eigenvalue weighted by Gasteiger charge is -2.13. The van der Waals surface area contributed by atoms with Crippen molar-refractivity contribution >= 4 is 37.8 Å². The maximum atomic E-state index is 13.1. The van der Waals surface area contributed by atoms with Crippen LogP contribution in [0.15, 0.2) is 29.3 Å². The van der Waals surface area contributed by atoms with Gasteiger partial charge in [-0.3, -0.25) is 0 Å². The molecule has 0 amide bonds. The van der Waals surface area contributed by atoms with Crippen LogP contribution in [0.5, 0.6) is 11.8 Å². The Balaban J connectivity index is 1.76. The van der Waals surface area contributed by atoms with Crippen molar-refractivity contribution in [2.45, 2.75) is 24.7 Å². The molecule has 0 spiro atoms. The fourth-order valence-corrected chi connectivity index (χ4v) is 4.58. The minimum Gasteiger partial charge on any atom is -0.481 e. The van der Waals surface area contributed by atoms with E-state index in [4.69, 9.17) is 9.47 Å². The average molecular weight is 451 g/mol. The lowest BCUT2D eigenvalue weighted by molar-refractivity contribution is 0.146. The highest BCUT2D eigenvalue weighted by molar-refractivity contribution is 7.93. The third-order valence-electron chi connectivity index (χ3n) is 4.74. The lowest BCUT2D eigenvalue weighted by Crippen LogP contribution is -2.16. The molecule has 3 heterocycles. The van der Waals surface area contributed by atoms with E-state index in [0.717, 1.165) is 16.6 Å². The number of alkyl halides is 2. The van der Waals surface area contributed by atoms with Gasteiger partial charge in [0.25, 0.3) is 10.0 Å². The maximum Gasteiger partial charge on any atom is 0.266 e. The van der Waals surface area contributed by atoms with Crippen molar-refractivity contribution in [3.8, 4) is 11.8 Å². The molecule has 0 bridgehead atoms. The molecule has 9 nitrogen and oxygen atoms in total. The molecule has 12 heteroatoms. The molecule has 4 aromatic rings. The number of nitrogens with zero attached hydrogens (tertiary/aromatic N) is 2. The highest BCUT2D eigenvalue weighted by atomic mass is 32.2. The molecule has 4 rings (SSSR count). The van der Waals surface area contributed by atoms with Gasteiger partial charge in [-0.15, -0.1) is 0 Å². The van der Waals surface area contributed by atoms with Gasteiger partial charge >= 0.3 is 0 Å². The number of H-pyrrole nitrogens is 2. The van der Waals surface area contributed by atoms with Crippen molar-refractivity contribution in [3.63, 3.8) is 0 Å². The number of ether oxygens (including phenoxy) is 2. The molecule has 0 atom stereocenters. The van der Waals surface area contributed by atoms with Crippen LogP contribution in [0.1, 0.15) is 11.3 Å². The van der Waals surface area contributed by atoms with E-state index in [1.165, 1.54) is 20.4 Å². The van der Waals surface area contributed by atoms with E-state index in [2.05, 4.69) is 24.7 Å². The largest absolute Gasteiger partial charge is 0.481 e. The van der Waals surface area contributed by atoms with Gasteiger partial charge in [0.15, 0.2) is 0 Å². The molecule has 0 unspecified atom stereocenters. The van der Waals surface area contributed by atoms with Gasteiger partial charge in [0.2, 0.25) is 24.1 Å². The van der Waals surface area contributed by atoms with Crippen molar-refractivity contribution in [2.75, 3.05) is 18.9 Å². The fraction of sp³-hybridized carbons (Fsp3) is 0.263. The zero-order chi connectivity index (χ0) is 22.3. The predicted molar refractivity (Wildman–Crippen MR) is 111 cm³/mol. The van der Waals surface area contributed by atoms with Crippen LogP contribution >= 0.6 is 0 Å². The molecule has 0 fully saturated rings. The SMILES string of the molecule is COc1nc(NS(=O)(=O)c2c[nH]c3c2ccc2cc(C)[nH]c23)nc(OC)c1CC(F)F. The van der Waals surface area contributed by atoms with Gasteiger partial charge in [-0.05, 0) is 13.0 Å². The molecular weight excluding hydrogens is 432 g/mol. The number of fused-ring (bicyclic) bond motifs is 3. The number of aromatic nitrogens is 4. The van der Waals surface area contributed by atoms with Crippen molar-refractivity contribution in [3.05, 3.63) is 35.7 Å². The number of rotatable bonds is 7. The Hall–Kier alpha value is -3.41. The molecule has 1 aromatic carbocycles. The first-order chi connectivity index (χ1) is 14.7. The first-order valence-corrected chi connectivity index (χ1v) is 10.6. The van der Waals surface area contributed by atoms with Gasteiger partial charge in [0.05, 0.1) is 30.8 Å². The average Bonchev–Trinajstić information content (AvgIpc) is 3.30. The molecule has 0 radical (unpaired) electrons. The second-order valence-corrected chi connectivity index (χ2v) is 8.45. The number of anilines is 1. The van der Waals surface area contributed by atoms with E-state index in [-0.39, 0.29) is 28.2 Å². The predicted octanol–water partition coefficient (Wildman–Crippen LogP) is 3.37. The third-order valence-corrected chi connectivity index (χ3v) is 6.10. The summed E-state index contributed by atoms with van der Waals surface area (Å²) in [5.74, 6) is -0.766. The number of methoxy groups -OCH3 is 2. The Bertz CT molecular complexity index is 1360. The molecule has 0 saturated heterocycles. The number of aromatic amines is 2. The van der Waals surface area contributed by atoms with Gasteiger partial charge in [-0.2, -0.15) is 9.97 Å². The molecule has 31 heavy (non-hydrogen) atoms. The summed E-state index contributed by atoms with van der Waals surface area (Å²) in [6, 6.07) is 5.47. The summed E-state index contributed by atoms with van der Waals surface area (Å²) in [5, 5.41) is 1.41. The highest BCUT2D eigenvalue weighted by Gasteiger charge is 2.25. The van der Waals surface area contributed by atoms with Crippen molar-refractivity contribution < 1.29 is 26.7 Å². The Labute approximate surface area is 175 Å². The molecule has 0 saturated carbocycles. The molecule has 0 aliphatic heterocycles. The van der Waals surface area contributed by atoms with Crippen LogP contribution in [-0.4, -0.2) is 49.0 Å². The first kappa shape index (κ1) is 20.8. The van der Waals surface area contributed by atoms with Crippen molar-refractivity contribution in [2.24, 2.45) is 0 Å². The van der Waals surface area contributed by atoms with Gasteiger partial charge in [0, 0.05) is 29.1 Å². The standard InChI is InChI=1S/C19H19F2N5O4S/c1-9-6-10-4-5-11-13(8-22-16(11)15(10)23-9)31(27,28)26-19-24-17(29-2)12(7-14(20)21)18(25-19)30-3/h4-6,8,14,22-23H,7H2,1-3H3,(H,24,25,26). The van der Waals surface area contributed by atoms with E-state index in [1.807, 2.05) is 19.1 Å². The van der Waals surface area contributed by atoms with Gasteiger partial charge in [-0.1, -0.05) is 12.1 Å². The third kappa shape index (κ3) is 3.74. The molecule has 0 aliphatic carbocycles. The summed E-state index contributed by atoms with van der Waals surface area (Å²) in [4.78, 5) is 14.0. The van der Waals surface area contributed by atoms with Gasteiger partial charge < -0.3 is 19.4 Å². The summed E-state index contributed by atoms with van der Waals surface area (Å²) in [7, 11) is -1.65. The summed E-state index contributed by atoms with van der Waals surface area (Å²) in [5.41, 5.74) is 2.30. The molecule has 3 N–H and O–H groups in total. The minimum absolute atomic E-state index is 0.0187. The number of hydrogen-bond acceptors (Lipinski definition) is 6. The summed E-state index contributed by atoms with van der Waals surface area (Å²) in [6.07, 6.45) is -2.02. The van der Waals surface area contributed by atoms with E-state index in [0.29, 0.717) is 10.9 Å². The monoisotopic (exact) mass is 451 g/mol. The van der Waals surface area contributed by atoms with E-state index in [9.17, 15) is 17.2 Å². The van der Waals surface area contributed by atoms with Crippen LogP contribution in [-0.2, 0) is 16.4 Å². The normalized spacial score (nSPS) is 12.1. The fourth-order valence-electron chi connectivity index (χ4n) is 3.46. The molecule has 3 aromatic heterocycles. The highest BCUT2D eigenvalue weighted by Crippen LogP contribution is 2.32. The van der Waals surface area contributed by atoms with Crippen LogP contribution in [0, 0.1) is 6.92 Å². The van der Waals surface area contributed by atoms with Crippen molar-refractivity contribution in [1.82, 2.24) is 19.9 Å². The molecule has 164 valence electrons. The Morgan fingerprint density at radius 3 is 2.42 bits per heavy atom. The number of nitrogens with one attached hydrogen (secondary N) is 3. The summed E-state index contributed by atoms with van der Waals surface area (Å²) < 4.78 is 64.2. The zero-order valence-electron chi connectivity index (χ0n) is 16.8. The first-order valence-electron chi connectivity index (χ1n) is 9.12. The van der Waals surface area contributed by atoms with Crippen LogP contribution < -0.4 is 14.2 Å².